The molecule has 0 radical (unpaired) electrons. The molecule has 0 amide bonds. The standard InChI is InChI=1S/C10H13F2NO/c1-7(14)2-3-13-10-5-8(11)4-9(12)6-10/h4-7,13-14H,2-3H2,1H3. The van der Waals surface area contributed by atoms with Crippen molar-refractivity contribution in [2.45, 2.75) is 19.4 Å². The summed E-state index contributed by atoms with van der Waals surface area (Å²) in [6.07, 6.45) is 0.124. The molecule has 1 aromatic carbocycles. The molecule has 0 heterocycles. The Morgan fingerprint density at radius 2 is 1.86 bits per heavy atom. The van der Waals surface area contributed by atoms with Crippen molar-refractivity contribution < 1.29 is 13.9 Å². The van der Waals surface area contributed by atoms with E-state index in [1.54, 1.807) is 6.92 Å². The number of rotatable bonds is 4. The second kappa shape index (κ2) is 4.91. The predicted octanol–water partition coefficient (Wildman–Crippen LogP) is 2.15. The van der Waals surface area contributed by atoms with Gasteiger partial charge >= 0.3 is 0 Å². The van der Waals surface area contributed by atoms with Gasteiger partial charge in [-0.25, -0.2) is 8.78 Å². The van der Waals surface area contributed by atoms with E-state index in [0.29, 0.717) is 18.7 Å². The molecule has 14 heavy (non-hydrogen) atoms. The summed E-state index contributed by atoms with van der Waals surface area (Å²) in [6.45, 7) is 2.15. The number of nitrogens with one attached hydrogen (secondary N) is 1. The maximum atomic E-state index is 12.7. The number of benzene rings is 1. The predicted molar refractivity (Wildman–Crippen MR) is 51.1 cm³/mol. The van der Waals surface area contributed by atoms with Gasteiger partial charge in [0.1, 0.15) is 11.6 Å². The summed E-state index contributed by atoms with van der Waals surface area (Å²) in [5.41, 5.74) is 0.392. The van der Waals surface area contributed by atoms with E-state index < -0.39 is 17.7 Å². The molecule has 0 spiro atoms. The zero-order valence-electron chi connectivity index (χ0n) is 7.93. The number of hydrogen-bond donors (Lipinski definition) is 2. The first-order valence-electron chi connectivity index (χ1n) is 4.46. The third-order valence-electron chi connectivity index (χ3n) is 1.75. The van der Waals surface area contributed by atoms with Crippen LogP contribution in [0.5, 0.6) is 0 Å². The van der Waals surface area contributed by atoms with Crippen molar-refractivity contribution in [2.75, 3.05) is 11.9 Å². The molecule has 2 N–H and O–H groups in total. The van der Waals surface area contributed by atoms with Crippen LogP contribution in [0, 0.1) is 11.6 Å². The lowest BCUT2D eigenvalue weighted by Crippen LogP contribution is -2.09. The van der Waals surface area contributed by atoms with E-state index in [2.05, 4.69) is 5.32 Å². The van der Waals surface area contributed by atoms with Crippen LogP contribution in [0.4, 0.5) is 14.5 Å². The molecule has 0 saturated heterocycles. The average molecular weight is 201 g/mol. The van der Waals surface area contributed by atoms with Gasteiger partial charge in [0.2, 0.25) is 0 Å². The fourth-order valence-corrected chi connectivity index (χ4v) is 1.08. The van der Waals surface area contributed by atoms with Crippen LogP contribution < -0.4 is 5.32 Å². The molecule has 0 aromatic heterocycles. The molecule has 1 unspecified atom stereocenters. The minimum atomic E-state index is -0.607. The summed E-state index contributed by atoms with van der Waals surface area (Å²) in [5, 5.41) is 11.8. The summed E-state index contributed by atoms with van der Waals surface area (Å²) in [4.78, 5) is 0. The van der Waals surface area contributed by atoms with Crippen LogP contribution in [0.25, 0.3) is 0 Å². The Kier molecular flexibility index (Phi) is 3.83. The molecule has 0 aliphatic carbocycles. The molecular formula is C10H13F2NO. The van der Waals surface area contributed by atoms with Gasteiger partial charge in [-0.05, 0) is 25.5 Å². The largest absolute Gasteiger partial charge is 0.393 e. The van der Waals surface area contributed by atoms with Crippen molar-refractivity contribution in [3.8, 4) is 0 Å². The lowest BCUT2D eigenvalue weighted by molar-refractivity contribution is 0.189. The van der Waals surface area contributed by atoms with Crippen LogP contribution in [0.15, 0.2) is 18.2 Å². The Hall–Kier alpha value is -1.16. The lowest BCUT2D eigenvalue weighted by atomic mass is 10.2. The first-order chi connectivity index (χ1) is 6.58. The Labute approximate surface area is 81.6 Å². The average Bonchev–Trinajstić information content (AvgIpc) is 2.01. The number of hydrogen-bond acceptors (Lipinski definition) is 2. The summed E-state index contributed by atoms with van der Waals surface area (Å²) in [7, 11) is 0. The van der Waals surface area contributed by atoms with Crippen molar-refractivity contribution in [1.29, 1.82) is 0 Å². The van der Waals surface area contributed by atoms with Gasteiger partial charge in [-0.3, -0.25) is 0 Å². The maximum absolute atomic E-state index is 12.7. The third-order valence-corrected chi connectivity index (χ3v) is 1.75. The van der Waals surface area contributed by atoms with Gasteiger partial charge < -0.3 is 10.4 Å². The SMILES string of the molecule is CC(O)CCNc1cc(F)cc(F)c1. The molecule has 78 valence electrons. The van der Waals surface area contributed by atoms with E-state index in [-0.39, 0.29) is 0 Å². The third kappa shape index (κ3) is 3.70. The maximum Gasteiger partial charge on any atom is 0.128 e. The first kappa shape index (κ1) is 10.9. The fourth-order valence-electron chi connectivity index (χ4n) is 1.08. The monoisotopic (exact) mass is 201 g/mol. The number of anilines is 1. The van der Waals surface area contributed by atoms with Crippen LogP contribution in [-0.4, -0.2) is 17.8 Å². The van der Waals surface area contributed by atoms with Gasteiger partial charge in [-0.1, -0.05) is 0 Å². The lowest BCUT2D eigenvalue weighted by Gasteiger charge is -2.07. The molecule has 4 heteroatoms. The number of aliphatic hydroxyl groups is 1. The van der Waals surface area contributed by atoms with Crippen molar-refractivity contribution in [3.63, 3.8) is 0 Å². The fraction of sp³-hybridized carbons (Fsp3) is 0.400. The minimum Gasteiger partial charge on any atom is -0.393 e. The Morgan fingerprint density at radius 1 is 1.29 bits per heavy atom. The van der Waals surface area contributed by atoms with Gasteiger partial charge in [0.05, 0.1) is 6.10 Å². The normalized spacial score (nSPS) is 12.6. The van der Waals surface area contributed by atoms with Crippen molar-refractivity contribution in [2.24, 2.45) is 0 Å². The minimum absolute atomic E-state index is 0.392. The Balaban J connectivity index is 2.50. The van der Waals surface area contributed by atoms with Crippen molar-refractivity contribution in [1.82, 2.24) is 0 Å². The van der Waals surface area contributed by atoms with Crippen LogP contribution >= 0.6 is 0 Å². The molecule has 0 fully saturated rings. The highest BCUT2D eigenvalue weighted by Gasteiger charge is 2.00. The van der Waals surface area contributed by atoms with Crippen LogP contribution in [0.2, 0.25) is 0 Å². The van der Waals surface area contributed by atoms with Crippen molar-refractivity contribution in [3.05, 3.63) is 29.8 Å². The van der Waals surface area contributed by atoms with Gasteiger partial charge in [0.15, 0.2) is 0 Å². The smallest absolute Gasteiger partial charge is 0.128 e. The molecule has 1 rings (SSSR count). The molecule has 2 nitrogen and oxygen atoms in total. The summed E-state index contributed by atoms with van der Waals surface area (Å²) in [6, 6.07) is 3.25. The van der Waals surface area contributed by atoms with E-state index in [0.717, 1.165) is 6.07 Å². The second-order valence-corrected chi connectivity index (χ2v) is 3.22. The van der Waals surface area contributed by atoms with E-state index in [1.807, 2.05) is 0 Å². The van der Waals surface area contributed by atoms with E-state index in [1.165, 1.54) is 12.1 Å². The van der Waals surface area contributed by atoms with Crippen molar-refractivity contribution >= 4 is 5.69 Å². The molecule has 1 atom stereocenters. The first-order valence-corrected chi connectivity index (χ1v) is 4.46. The molecule has 0 aliphatic heterocycles. The molecule has 0 saturated carbocycles. The quantitative estimate of drug-likeness (QED) is 0.782. The van der Waals surface area contributed by atoms with Gasteiger partial charge in [-0.15, -0.1) is 0 Å². The molecule has 0 bridgehead atoms. The molecule has 0 aliphatic rings. The zero-order valence-corrected chi connectivity index (χ0v) is 7.93. The number of halogens is 2. The zero-order chi connectivity index (χ0) is 10.6. The van der Waals surface area contributed by atoms with E-state index in [4.69, 9.17) is 5.11 Å². The highest BCUT2D eigenvalue weighted by Crippen LogP contribution is 2.12. The van der Waals surface area contributed by atoms with Crippen LogP contribution in [0.3, 0.4) is 0 Å². The Bertz CT molecular complexity index is 282. The second-order valence-electron chi connectivity index (χ2n) is 3.22. The van der Waals surface area contributed by atoms with Gasteiger partial charge in [0.25, 0.3) is 0 Å². The molecule has 1 aromatic rings. The van der Waals surface area contributed by atoms with Gasteiger partial charge in [0, 0.05) is 18.3 Å². The molecular weight excluding hydrogens is 188 g/mol. The van der Waals surface area contributed by atoms with E-state index in [9.17, 15) is 8.78 Å². The van der Waals surface area contributed by atoms with E-state index >= 15 is 0 Å². The van der Waals surface area contributed by atoms with Crippen LogP contribution in [-0.2, 0) is 0 Å². The number of aliphatic hydroxyl groups excluding tert-OH is 1. The summed E-state index contributed by atoms with van der Waals surface area (Å²) < 4.78 is 25.4. The highest BCUT2D eigenvalue weighted by atomic mass is 19.1. The van der Waals surface area contributed by atoms with Crippen LogP contribution in [0.1, 0.15) is 13.3 Å². The summed E-state index contributed by atoms with van der Waals surface area (Å²) in [5.74, 6) is -1.21. The summed E-state index contributed by atoms with van der Waals surface area (Å²) >= 11 is 0. The highest BCUT2D eigenvalue weighted by molar-refractivity contribution is 5.43. The Morgan fingerprint density at radius 3 is 2.36 bits per heavy atom. The topological polar surface area (TPSA) is 32.3 Å². The van der Waals surface area contributed by atoms with Gasteiger partial charge in [-0.2, -0.15) is 0 Å².